The highest BCUT2D eigenvalue weighted by molar-refractivity contribution is 8.06. The predicted octanol–water partition coefficient (Wildman–Crippen LogP) is 0.819. The summed E-state index contributed by atoms with van der Waals surface area (Å²) in [6.07, 6.45) is 1.03. The van der Waals surface area contributed by atoms with Gasteiger partial charge in [-0.05, 0) is 6.92 Å². The molecule has 0 aromatic carbocycles. The first-order chi connectivity index (χ1) is 3.98. The van der Waals surface area contributed by atoms with E-state index in [0.29, 0.717) is 0 Å². The van der Waals surface area contributed by atoms with E-state index >= 15 is 0 Å². The maximum absolute atomic E-state index is 10.5. The minimum atomic E-state index is -3.13. The number of rotatable bonds is 1. The molecule has 1 N–H and O–H groups in total. The van der Waals surface area contributed by atoms with Gasteiger partial charge in [0, 0.05) is 6.26 Å². The molecular weight excluding hydrogens is 142 g/mol. The molecule has 9 heavy (non-hydrogen) atoms. The second kappa shape index (κ2) is 2.82. The largest absolute Gasteiger partial charge is 0.456 e. The van der Waals surface area contributed by atoms with Crippen molar-refractivity contribution in [3.63, 3.8) is 0 Å². The molecule has 0 radical (unpaired) electrons. The van der Waals surface area contributed by atoms with Crippen LogP contribution >= 0.6 is 0 Å². The highest BCUT2D eigenvalue weighted by Crippen LogP contribution is 1.91. The summed E-state index contributed by atoms with van der Waals surface area (Å²) in [6, 6.07) is 0. The van der Waals surface area contributed by atoms with Crippen LogP contribution in [0.2, 0.25) is 0 Å². The van der Waals surface area contributed by atoms with E-state index in [-0.39, 0.29) is 6.61 Å². The average Bonchev–Trinajstić information content (AvgIpc) is 1.64. The Balaban J connectivity index is 4.08. The lowest BCUT2D eigenvalue weighted by Gasteiger charge is -1.98. The second-order valence-corrected chi connectivity index (χ2v) is 3.55. The maximum atomic E-state index is 10.5. The van der Waals surface area contributed by atoms with Crippen LogP contribution in [0, 0.1) is 4.78 Å². The number of hydrogen-bond acceptors (Lipinski definition) is 4. The fraction of sp³-hybridized carbons (Fsp3) is 0.750. The van der Waals surface area contributed by atoms with Crippen molar-refractivity contribution >= 4 is 15.0 Å². The molecule has 0 aliphatic rings. The lowest BCUT2D eigenvalue weighted by Crippen LogP contribution is -2.12. The van der Waals surface area contributed by atoms with E-state index in [1.54, 1.807) is 6.92 Å². The van der Waals surface area contributed by atoms with Gasteiger partial charge < -0.3 is 4.74 Å². The number of nitrogens with one attached hydrogen (secondary N) is 1. The van der Waals surface area contributed by atoms with Crippen molar-refractivity contribution in [1.29, 1.82) is 4.78 Å². The Kier molecular flexibility index (Phi) is 2.64. The summed E-state index contributed by atoms with van der Waals surface area (Å²) < 4.78 is 21.5. The van der Waals surface area contributed by atoms with Crippen molar-refractivity contribution in [3.05, 3.63) is 0 Å². The smallest absolute Gasteiger partial charge is 0.405 e. The minimum Gasteiger partial charge on any atom is -0.456 e. The van der Waals surface area contributed by atoms with Crippen LogP contribution < -0.4 is 0 Å². The van der Waals surface area contributed by atoms with Gasteiger partial charge in [-0.1, -0.05) is 0 Å². The van der Waals surface area contributed by atoms with Crippen LogP contribution in [0.1, 0.15) is 6.92 Å². The zero-order chi connectivity index (χ0) is 7.49. The van der Waals surface area contributed by atoms with E-state index in [1.807, 2.05) is 0 Å². The van der Waals surface area contributed by atoms with E-state index in [0.717, 1.165) is 6.26 Å². The Labute approximate surface area is 54.2 Å². The normalized spacial score (nSPS) is 16.2. The van der Waals surface area contributed by atoms with Gasteiger partial charge in [-0.25, -0.2) is 13.8 Å². The molecular formula is C4H9NO3S. The molecule has 0 fully saturated rings. The molecule has 54 valence electrons. The molecule has 0 spiro atoms. The van der Waals surface area contributed by atoms with Gasteiger partial charge >= 0.3 is 5.30 Å². The molecule has 5 heteroatoms. The molecule has 0 aromatic heterocycles. The molecule has 0 aliphatic carbocycles. The summed E-state index contributed by atoms with van der Waals surface area (Å²) in [4.78, 5) is 10.4. The summed E-state index contributed by atoms with van der Waals surface area (Å²) in [5.74, 6) is 0. The van der Waals surface area contributed by atoms with Crippen molar-refractivity contribution in [2.24, 2.45) is 0 Å². The highest BCUT2D eigenvalue weighted by atomic mass is 32.2. The summed E-state index contributed by atoms with van der Waals surface area (Å²) in [6.45, 7) is 1.77. The zero-order valence-corrected chi connectivity index (χ0v) is 6.16. The molecule has 0 amide bonds. The molecule has 4 nitrogen and oxygen atoms in total. The number of ether oxygens (including phenoxy) is 1. The van der Waals surface area contributed by atoms with Crippen molar-refractivity contribution in [3.8, 4) is 0 Å². The second-order valence-electron chi connectivity index (χ2n) is 1.53. The first kappa shape index (κ1) is 8.42. The molecule has 0 bridgehead atoms. The van der Waals surface area contributed by atoms with Crippen LogP contribution in [0.15, 0.2) is 0 Å². The van der Waals surface area contributed by atoms with E-state index in [2.05, 4.69) is 4.74 Å². The van der Waals surface area contributed by atoms with Gasteiger partial charge in [0.15, 0.2) is 0 Å². The quantitative estimate of drug-likeness (QED) is 0.564. The molecule has 0 heterocycles. The van der Waals surface area contributed by atoms with E-state index < -0.39 is 15.0 Å². The summed E-state index contributed by atoms with van der Waals surface area (Å²) in [5, 5.41) is -0.940. The number of carbonyl (C=O) groups excluding carboxylic acids is 1. The lowest BCUT2D eigenvalue weighted by atomic mass is 10.9. The highest BCUT2D eigenvalue weighted by Gasteiger charge is 2.10. The first-order valence-corrected chi connectivity index (χ1v) is 4.35. The van der Waals surface area contributed by atoms with Crippen molar-refractivity contribution in [2.45, 2.75) is 6.92 Å². The summed E-state index contributed by atoms with van der Waals surface area (Å²) in [5.41, 5.74) is 0. The van der Waals surface area contributed by atoms with Gasteiger partial charge in [0.1, 0.15) is 9.73 Å². The van der Waals surface area contributed by atoms with Gasteiger partial charge in [0.2, 0.25) is 0 Å². The average molecular weight is 151 g/mol. The molecule has 0 aromatic rings. The lowest BCUT2D eigenvalue weighted by molar-refractivity contribution is 0.179. The third-order valence-corrected chi connectivity index (χ3v) is 1.33. The molecule has 0 aliphatic heterocycles. The minimum absolute atomic E-state index is 0.169. The van der Waals surface area contributed by atoms with E-state index in [9.17, 15) is 9.00 Å². The van der Waals surface area contributed by atoms with Crippen LogP contribution in [-0.2, 0) is 14.5 Å². The van der Waals surface area contributed by atoms with E-state index in [1.165, 1.54) is 0 Å². The Morgan fingerprint density at radius 3 is 2.33 bits per heavy atom. The topological polar surface area (TPSA) is 67.2 Å². The third kappa shape index (κ3) is 3.07. The summed E-state index contributed by atoms with van der Waals surface area (Å²) >= 11 is 0. The first-order valence-electron chi connectivity index (χ1n) is 2.39. The van der Waals surface area contributed by atoms with Crippen molar-refractivity contribution < 1.29 is 13.7 Å². The van der Waals surface area contributed by atoms with Crippen LogP contribution in [0.3, 0.4) is 0 Å². The Bertz CT molecular complexity index is 194. The fourth-order valence-electron chi connectivity index (χ4n) is 0.230. The molecule has 1 unspecified atom stereocenters. The molecule has 0 rings (SSSR count). The summed E-state index contributed by atoms with van der Waals surface area (Å²) in [7, 11) is -3.13. The van der Waals surface area contributed by atoms with Crippen molar-refractivity contribution in [2.75, 3.05) is 12.9 Å². The predicted molar refractivity (Wildman–Crippen MR) is 33.8 cm³/mol. The van der Waals surface area contributed by atoms with Crippen molar-refractivity contribution in [1.82, 2.24) is 0 Å². The third-order valence-electron chi connectivity index (χ3n) is 0.580. The van der Waals surface area contributed by atoms with Crippen LogP contribution in [-0.4, -0.2) is 22.4 Å². The van der Waals surface area contributed by atoms with E-state index in [4.69, 9.17) is 4.78 Å². The standard InChI is InChI=1S/C4H9NO3S/c1-3-8-4(6)9(2,5)7/h5H,3H2,1-2H3. The van der Waals surface area contributed by atoms with Crippen LogP contribution in [0.25, 0.3) is 0 Å². The zero-order valence-electron chi connectivity index (χ0n) is 5.34. The SMILES string of the molecule is CCOC(=O)S(C)(=N)=O. The van der Waals surface area contributed by atoms with Gasteiger partial charge in [-0.15, -0.1) is 0 Å². The monoisotopic (exact) mass is 151 g/mol. The van der Waals surface area contributed by atoms with Gasteiger partial charge in [0.05, 0.1) is 6.61 Å². The van der Waals surface area contributed by atoms with Gasteiger partial charge in [0.25, 0.3) is 0 Å². The van der Waals surface area contributed by atoms with Gasteiger partial charge in [-0.2, -0.15) is 0 Å². The Morgan fingerprint density at radius 1 is 1.78 bits per heavy atom. The molecule has 1 atom stereocenters. The molecule has 0 saturated carbocycles. The molecule has 0 saturated heterocycles. The van der Waals surface area contributed by atoms with Crippen LogP contribution in [0.4, 0.5) is 4.79 Å². The Morgan fingerprint density at radius 2 is 2.22 bits per heavy atom. The Hall–Kier alpha value is -0.580. The maximum Gasteiger partial charge on any atom is 0.405 e. The van der Waals surface area contributed by atoms with Gasteiger partial charge in [-0.3, -0.25) is 0 Å². The number of carbonyl (C=O) groups is 1. The number of hydrogen-bond donors (Lipinski definition) is 1. The fourth-order valence-corrected chi connectivity index (χ4v) is 0.573. The van der Waals surface area contributed by atoms with Crippen LogP contribution in [0.5, 0.6) is 0 Å².